The van der Waals surface area contributed by atoms with Crippen molar-refractivity contribution in [3.8, 4) is 12.3 Å². The monoisotopic (exact) mass is 201 g/mol. The molecule has 1 rings (SSSR count). The molecule has 14 heavy (non-hydrogen) atoms. The van der Waals surface area contributed by atoms with Crippen LogP contribution < -0.4 is 0 Å². The van der Waals surface area contributed by atoms with Gasteiger partial charge in [0.2, 0.25) is 0 Å². The molecular formula is C9H12FNO3. The number of likely N-dealkylation sites (tertiary alicyclic amines) is 1. The first-order chi connectivity index (χ1) is 6.65. The Hall–Kier alpha value is -1.28. The summed E-state index contributed by atoms with van der Waals surface area (Å²) in [5.41, 5.74) is 0. The fraction of sp³-hybridized carbons (Fsp3) is 0.667. The molecule has 4 nitrogen and oxygen atoms in total. The zero-order valence-corrected chi connectivity index (χ0v) is 7.65. The standard InChI is InChI=1S/C9H12FNO3/c1-2-5-14-8-3-4-11(9(12)13)6-7(8)10/h1,7-8H,3-6H2,(H,12,13)/t7-,8+/m0/s1. The van der Waals surface area contributed by atoms with E-state index in [0.29, 0.717) is 13.0 Å². The molecule has 0 radical (unpaired) electrons. The summed E-state index contributed by atoms with van der Waals surface area (Å²) in [6.07, 6.45) is 2.37. The van der Waals surface area contributed by atoms with E-state index in [1.165, 1.54) is 0 Å². The van der Waals surface area contributed by atoms with E-state index in [1.807, 2.05) is 0 Å². The number of amides is 1. The number of carboxylic acid groups (broad SMARTS) is 1. The molecule has 1 aliphatic rings. The maximum absolute atomic E-state index is 13.3. The number of piperidine rings is 1. The summed E-state index contributed by atoms with van der Waals surface area (Å²) in [6, 6.07) is 0. The van der Waals surface area contributed by atoms with Crippen LogP contribution in [0.25, 0.3) is 0 Å². The van der Waals surface area contributed by atoms with Gasteiger partial charge in [-0.15, -0.1) is 6.42 Å². The summed E-state index contributed by atoms with van der Waals surface area (Å²) in [5.74, 6) is 2.25. The fourth-order valence-electron chi connectivity index (χ4n) is 1.40. The normalized spacial score (nSPS) is 27.0. The van der Waals surface area contributed by atoms with Crippen LogP contribution in [0.4, 0.5) is 9.18 Å². The number of hydrogen-bond acceptors (Lipinski definition) is 2. The Balaban J connectivity index is 2.40. The van der Waals surface area contributed by atoms with Crippen LogP contribution in [-0.2, 0) is 4.74 Å². The number of alkyl halides is 1. The number of hydrogen-bond donors (Lipinski definition) is 1. The van der Waals surface area contributed by atoms with Crippen molar-refractivity contribution in [2.45, 2.75) is 18.7 Å². The predicted molar refractivity (Wildman–Crippen MR) is 47.7 cm³/mol. The van der Waals surface area contributed by atoms with Crippen LogP contribution >= 0.6 is 0 Å². The Kier molecular flexibility index (Phi) is 3.72. The number of carbonyl (C=O) groups is 1. The summed E-state index contributed by atoms with van der Waals surface area (Å²) in [4.78, 5) is 11.5. The minimum atomic E-state index is -1.28. The molecule has 78 valence electrons. The summed E-state index contributed by atoms with van der Waals surface area (Å²) in [5, 5.41) is 8.60. The molecule has 0 saturated carbocycles. The summed E-state index contributed by atoms with van der Waals surface area (Å²) < 4.78 is 18.3. The van der Waals surface area contributed by atoms with Gasteiger partial charge in [-0.25, -0.2) is 9.18 Å². The van der Waals surface area contributed by atoms with Crippen LogP contribution in [0.3, 0.4) is 0 Å². The molecule has 0 spiro atoms. The van der Waals surface area contributed by atoms with Crippen LogP contribution in [0.15, 0.2) is 0 Å². The molecule has 0 aromatic heterocycles. The number of terminal acetylenes is 1. The topological polar surface area (TPSA) is 49.8 Å². The molecule has 5 heteroatoms. The Labute approximate surface area is 81.6 Å². The van der Waals surface area contributed by atoms with Crippen LogP contribution in [0, 0.1) is 12.3 Å². The first-order valence-electron chi connectivity index (χ1n) is 4.32. The Bertz CT molecular complexity index is 251. The fourth-order valence-corrected chi connectivity index (χ4v) is 1.40. The van der Waals surface area contributed by atoms with Crippen molar-refractivity contribution in [3.05, 3.63) is 0 Å². The first kappa shape index (κ1) is 10.8. The van der Waals surface area contributed by atoms with Crippen LogP contribution in [-0.4, -0.2) is 48.1 Å². The number of ether oxygens (including phenoxy) is 1. The van der Waals surface area contributed by atoms with Gasteiger partial charge in [0.15, 0.2) is 0 Å². The van der Waals surface area contributed by atoms with Crippen molar-refractivity contribution in [1.29, 1.82) is 0 Å². The van der Waals surface area contributed by atoms with Crippen LogP contribution in [0.2, 0.25) is 0 Å². The van der Waals surface area contributed by atoms with Gasteiger partial charge in [0, 0.05) is 6.54 Å². The summed E-state index contributed by atoms with van der Waals surface area (Å²) >= 11 is 0. The average molecular weight is 201 g/mol. The highest BCUT2D eigenvalue weighted by molar-refractivity contribution is 5.65. The Morgan fingerprint density at radius 2 is 2.50 bits per heavy atom. The van der Waals surface area contributed by atoms with E-state index in [9.17, 15) is 9.18 Å². The van der Waals surface area contributed by atoms with Crippen molar-refractivity contribution < 1.29 is 19.0 Å². The summed E-state index contributed by atoms with van der Waals surface area (Å²) in [6.45, 7) is 0.230. The second kappa shape index (κ2) is 4.82. The molecule has 1 amide bonds. The second-order valence-corrected chi connectivity index (χ2v) is 3.09. The molecule has 0 bridgehead atoms. The number of rotatable bonds is 2. The Morgan fingerprint density at radius 3 is 3.00 bits per heavy atom. The van der Waals surface area contributed by atoms with Gasteiger partial charge in [-0.3, -0.25) is 0 Å². The third-order valence-electron chi connectivity index (χ3n) is 2.13. The number of nitrogens with zero attached hydrogens (tertiary/aromatic N) is 1. The molecule has 2 atom stereocenters. The van der Waals surface area contributed by atoms with E-state index >= 15 is 0 Å². The molecule has 1 N–H and O–H groups in total. The van der Waals surface area contributed by atoms with Gasteiger partial charge in [0.1, 0.15) is 12.8 Å². The largest absolute Gasteiger partial charge is 0.465 e. The molecule has 0 aromatic rings. The minimum Gasteiger partial charge on any atom is -0.465 e. The molecule has 1 saturated heterocycles. The Morgan fingerprint density at radius 1 is 1.79 bits per heavy atom. The van der Waals surface area contributed by atoms with Crippen LogP contribution in [0.5, 0.6) is 0 Å². The van der Waals surface area contributed by atoms with E-state index in [2.05, 4.69) is 5.92 Å². The quantitative estimate of drug-likeness (QED) is 0.670. The predicted octanol–water partition coefficient (Wildman–Crippen LogP) is 0.727. The smallest absolute Gasteiger partial charge is 0.407 e. The molecular weight excluding hydrogens is 189 g/mol. The van der Waals surface area contributed by atoms with E-state index in [0.717, 1.165) is 4.90 Å². The molecule has 0 aromatic carbocycles. The first-order valence-corrected chi connectivity index (χ1v) is 4.32. The molecule has 0 unspecified atom stereocenters. The van der Waals surface area contributed by atoms with Crippen molar-refractivity contribution in [1.82, 2.24) is 4.90 Å². The van der Waals surface area contributed by atoms with Gasteiger partial charge in [-0.05, 0) is 6.42 Å². The van der Waals surface area contributed by atoms with Crippen molar-refractivity contribution in [3.63, 3.8) is 0 Å². The van der Waals surface area contributed by atoms with Crippen molar-refractivity contribution in [2.75, 3.05) is 19.7 Å². The summed E-state index contributed by atoms with van der Waals surface area (Å²) in [7, 11) is 0. The third kappa shape index (κ3) is 2.60. The maximum Gasteiger partial charge on any atom is 0.407 e. The second-order valence-electron chi connectivity index (χ2n) is 3.09. The lowest BCUT2D eigenvalue weighted by molar-refractivity contribution is -0.0293. The average Bonchev–Trinajstić information content (AvgIpc) is 2.15. The maximum atomic E-state index is 13.3. The van der Waals surface area contributed by atoms with E-state index in [1.54, 1.807) is 0 Å². The van der Waals surface area contributed by atoms with Crippen LogP contribution in [0.1, 0.15) is 6.42 Å². The molecule has 1 fully saturated rings. The van der Waals surface area contributed by atoms with Gasteiger partial charge >= 0.3 is 6.09 Å². The lowest BCUT2D eigenvalue weighted by Crippen LogP contribution is -2.47. The van der Waals surface area contributed by atoms with Gasteiger partial charge in [0.05, 0.1) is 12.6 Å². The molecule has 1 heterocycles. The van der Waals surface area contributed by atoms with E-state index < -0.39 is 18.4 Å². The third-order valence-corrected chi connectivity index (χ3v) is 2.13. The lowest BCUT2D eigenvalue weighted by atomic mass is 10.1. The van der Waals surface area contributed by atoms with Crippen molar-refractivity contribution >= 4 is 6.09 Å². The van der Waals surface area contributed by atoms with Gasteiger partial charge in [0.25, 0.3) is 0 Å². The lowest BCUT2D eigenvalue weighted by Gasteiger charge is -2.32. The zero-order valence-electron chi connectivity index (χ0n) is 7.65. The number of halogens is 1. The van der Waals surface area contributed by atoms with Gasteiger partial charge in [-0.1, -0.05) is 5.92 Å². The van der Waals surface area contributed by atoms with Crippen molar-refractivity contribution in [2.24, 2.45) is 0 Å². The highest BCUT2D eigenvalue weighted by Crippen LogP contribution is 2.17. The van der Waals surface area contributed by atoms with E-state index in [-0.39, 0.29) is 13.2 Å². The highest BCUT2D eigenvalue weighted by Gasteiger charge is 2.31. The van der Waals surface area contributed by atoms with E-state index in [4.69, 9.17) is 16.3 Å². The SMILES string of the molecule is C#CCO[C@@H]1CCN(C(=O)O)C[C@@H]1F. The zero-order chi connectivity index (χ0) is 10.6. The molecule has 1 aliphatic heterocycles. The molecule has 0 aliphatic carbocycles. The highest BCUT2D eigenvalue weighted by atomic mass is 19.1. The van der Waals surface area contributed by atoms with Gasteiger partial charge < -0.3 is 14.7 Å². The van der Waals surface area contributed by atoms with Gasteiger partial charge in [-0.2, -0.15) is 0 Å². The minimum absolute atomic E-state index is 0.0676.